The average molecular weight is 510 g/mol. The highest BCUT2D eigenvalue weighted by Gasteiger charge is 2.37. The number of carbonyl (C=O) groups is 3. The molecule has 7 heteroatoms. The van der Waals surface area contributed by atoms with Crippen molar-refractivity contribution in [3.63, 3.8) is 0 Å². The second-order valence-corrected chi connectivity index (χ2v) is 10.9. The van der Waals surface area contributed by atoms with Gasteiger partial charge >= 0.3 is 6.09 Å². The third-order valence-electron chi connectivity index (χ3n) is 6.16. The van der Waals surface area contributed by atoms with Crippen LogP contribution in [0.1, 0.15) is 76.3 Å². The average Bonchev–Trinajstić information content (AvgIpc) is 2.79. The van der Waals surface area contributed by atoms with Gasteiger partial charge in [-0.25, -0.2) is 4.79 Å². The number of hydrogen-bond donors (Lipinski definition) is 2. The molecule has 0 aliphatic rings. The van der Waals surface area contributed by atoms with E-state index < -0.39 is 23.8 Å². The molecule has 3 amide bonds. The number of alkyl carbamates (subject to hydrolysis) is 1. The first-order valence-electron chi connectivity index (χ1n) is 13.0. The fourth-order valence-corrected chi connectivity index (χ4v) is 4.06. The number of para-hydroxylation sites is 1. The lowest BCUT2D eigenvalue weighted by atomic mass is 9.96. The third kappa shape index (κ3) is 8.34. The monoisotopic (exact) mass is 509 g/mol. The molecular formula is C30H43N3O4. The van der Waals surface area contributed by atoms with Crippen LogP contribution >= 0.6 is 0 Å². The number of hydrogen-bond acceptors (Lipinski definition) is 4. The Morgan fingerprint density at radius 1 is 0.946 bits per heavy atom. The normalized spacial score (nSPS) is 13.0. The van der Waals surface area contributed by atoms with Crippen molar-refractivity contribution in [2.45, 2.75) is 86.4 Å². The number of rotatable bonds is 9. The molecule has 0 saturated heterocycles. The highest BCUT2D eigenvalue weighted by Crippen LogP contribution is 2.28. The minimum absolute atomic E-state index is 0.223. The molecule has 0 saturated carbocycles. The lowest BCUT2D eigenvalue weighted by molar-refractivity contribution is -0.141. The van der Waals surface area contributed by atoms with Crippen LogP contribution in [0.4, 0.5) is 10.5 Å². The minimum Gasteiger partial charge on any atom is -0.444 e. The maximum Gasteiger partial charge on any atom is 0.408 e. The molecule has 0 bridgehead atoms. The van der Waals surface area contributed by atoms with Crippen molar-refractivity contribution in [1.82, 2.24) is 10.2 Å². The second-order valence-electron chi connectivity index (χ2n) is 10.9. The van der Waals surface area contributed by atoms with E-state index in [-0.39, 0.29) is 17.7 Å². The van der Waals surface area contributed by atoms with E-state index in [2.05, 4.69) is 10.6 Å². The summed E-state index contributed by atoms with van der Waals surface area (Å²) in [5.41, 5.74) is 3.76. The molecule has 202 valence electrons. The zero-order valence-corrected chi connectivity index (χ0v) is 23.8. The molecular weight excluding hydrogens is 466 g/mol. The van der Waals surface area contributed by atoms with Crippen molar-refractivity contribution in [1.29, 1.82) is 0 Å². The van der Waals surface area contributed by atoms with Gasteiger partial charge in [-0.15, -0.1) is 0 Å². The predicted octanol–water partition coefficient (Wildman–Crippen LogP) is 6.08. The van der Waals surface area contributed by atoms with Crippen molar-refractivity contribution in [2.75, 3.05) is 11.9 Å². The SMILES string of the molecule is CCCN(C(=O)C(NC(=O)OC(C)(C)C)C(C)C)C(C(=O)Nc1ccccc1C)c1ccc(C)c(C)c1. The number of nitrogens with one attached hydrogen (secondary N) is 2. The van der Waals surface area contributed by atoms with E-state index in [1.54, 1.807) is 25.7 Å². The molecule has 2 aromatic rings. The Bertz CT molecular complexity index is 1100. The fourth-order valence-electron chi connectivity index (χ4n) is 4.06. The summed E-state index contributed by atoms with van der Waals surface area (Å²) >= 11 is 0. The summed E-state index contributed by atoms with van der Waals surface area (Å²) in [7, 11) is 0. The number of benzene rings is 2. The van der Waals surface area contributed by atoms with E-state index in [1.165, 1.54) is 0 Å². The Kier molecular flexibility index (Phi) is 10.3. The highest BCUT2D eigenvalue weighted by molar-refractivity contribution is 5.99. The van der Waals surface area contributed by atoms with Gasteiger partial charge in [-0.2, -0.15) is 0 Å². The number of carbonyl (C=O) groups excluding carboxylic acids is 3. The van der Waals surface area contributed by atoms with Crippen LogP contribution in [0, 0.1) is 26.7 Å². The Morgan fingerprint density at radius 2 is 1.59 bits per heavy atom. The smallest absolute Gasteiger partial charge is 0.408 e. The number of ether oxygens (including phenoxy) is 1. The molecule has 0 aliphatic carbocycles. The highest BCUT2D eigenvalue weighted by atomic mass is 16.6. The molecule has 2 aromatic carbocycles. The van der Waals surface area contributed by atoms with Crippen LogP contribution in [0.15, 0.2) is 42.5 Å². The van der Waals surface area contributed by atoms with Gasteiger partial charge in [0.1, 0.15) is 17.7 Å². The fraction of sp³-hybridized carbons (Fsp3) is 0.500. The summed E-state index contributed by atoms with van der Waals surface area (Å²) in [6.07, 6.45) is -0.0230. The lowest BCUT2D eigenvalue weighted by Gasteiger charge is -2.35. The summed E-state index contributed by atoms with van der Waals surface area (Å²) in [5, 5.41) is 5.78. The Hall–Kier alpha value is -3.35. The van der Waals surface area contributed by atoms with Crippen LogP contribution < -0.4 is 10.6 Å². The number of nitrogens with zero attached hydrogens (tertiary/aromatic N) is 1. The van der Waals surface area contributed by atoms with Gasteiger partial charge in [0.05, 0.1) is 0 Å². The zero-order valence-electron chi connectivity index (χ0n) is 23.8. The van der Waals surface area contributed by atoms with Gasteiger partial charge < -0.3 is 20.3 Å². The van der Waals surface area contributed by atoms with Gasteiger partial charge in [-0.05, 0) is 82.2 Å². The third-order valence-corrected chi connectivity index (χ3v) is 6.16. The molecule has 0 fully saturated rings. The predicted molar refractivity (Wildman–Crippen MR) is 148 cm³/mol. The van der Waals surface area contributed by atoms with Crippen molar-refractivity contribution < 1.29 is 19.1 Å². The summed E-state index contributed by atoms with van der Waals surface area (Å²) in [6, 6.07) is 11.6. The molecule has 0 heterocycles. The zero-order chi connectivity index (χ0) is 27.9. The van der Waals surface area contributed by atoms with Gasteiger partial charge in [0, 0.05) is 12.2 Å². The number of amides is 3. The molecule has 0 spiro atoms. The summed E-state index contributed by atoms with van der Waals surface area (Å²) in [6.45, 7) is 17.3. The van der Waals surface area contributed by atoms with E-state index >= 15 is 0 Å². The van der Waals surface area contributed by atoms with E-state index in [1.807, 2.05) is 84.0 Å². The van der Waals surface area contributed by atoms with Crippen LogP contribution in [0.25, 0.3) is 0 Å². The molecule has 0 aromatic heterocycles. The van der Waals surface area contributed by atoms with E-state index in [4.69, 9.17) is 4.74 Å². The second kappa shape index (κ2) is 12.7. The van der Waals surface area contributed by atoms with Gasteiger partial charge in [0.25, 0.3) is 5.91 Å². The maximum atomic E-state index is 14.0. The Labute approximate surface area is 222 Å². The van der Waals surface area contributed by atoms with Crippen LogP contribution in [-0.4, -0.2) is 41.0 Å². The van der Waals surface area contributed by atoms with Gasteiger partial charge in [0.15, 0.2) is 0 Å². The standard InChI is InChI=1S/C30H43N3O4/c1-10-17-33(28(35)25(19(2)3)32-29(36)37-30(7,8)9)26(23-16-15-20(4)22(6)18-23)27(34)31-24-14-12-11-13-21(24)5/h11-16,18-19,25-26H,10,17H2,1-9H3,(H,31,34)(H,32,36). The van der Waals surface area contributed by atoms with Gasteiger partial charge in [-0.3, -0.25) is 9.59 Å². The minimum atomic E-state index is -0.881. The van der Waals surface area contributed by atoms with Gasteiger partial charge in [0.2, 0.25) is 5.91 Å². The van der Waals surface area contributed by atoms with Crippen molar-refractivity contribution in [3.05, 3.63) is 64.7 Å². The molecule has 0 aliphatic heterocycles. The molecule has 0 radical (unpaired) electrons. The maximum absolute atomic E-state index is 14.0. The quantitative estimate of drug-likeness (QED) is 0.429. The molecule has 37 heavy (non-hydrogen) atoms. The van der Waals surface area contributed by atoms with Crippen LogP contribution in [-0.2, 0) is 14.3 Å². The van der Waals surface area contributed by atoms with E-state index in [9.17, 15) is 14.4 Å². The molecule has 2 unspecified atom stereocenters. The van der Waals surface area contributed by atoms with Gasteiger partial charge in [-0.1, -0.05) is 57.2 Å². The first kappa shape index (κ1) is 29.9. The van der Waals surface area contributed by atoms with Crippen LogP contribution in [0.5, 0.6) is 0 Å². The summed E-state index contributed by atoms with van der Waals surface area (Å²) in [5.74, 6) is -0.857. The van der Waals surface area contributed by atoms with Crippen LogP contribution in [0.3, 0.4) is 0 Å². The number of anilines is 1. The Balaban J connectivity index is 2.53. The van der Waals surface area contributed by atoms with Crippen molar-refractivity contribution >= 4 is 23.6 Å². The molecule has 7 nitrogen and oxygen atoms in total. The summed E-state index contributed by atoms with van der Waals surface area (Å²) in [4.78, 5) is 42.1. The lowest BCUT2D eigenvalue weighted by Crippen LogP contribution is -2.54. The topological polar surface area (TPSA) is 87.7 Å². The van der Waals surface area contributed by atoms with Crippen molar-refractivity contribution in [2.24, 2.45) is 5.92 Å². The molecule has 2 rings (SSSR count). The van der Waals surface area contributed by atoms with E-state index in [0.29, 0.717) is 18.7 Å². The first-order chi connectivity index (χ1) is 17.2. The largest absolute Gasteiger partial charge is 0.444 e. The molecule has 2 atom stereocenters. The molecule has 2 N–H and O–H groups in total. The number of aryl methyl sites for hydroxylation is 3. The van der Waals surface area contributed by atoms with Crippen molar-refractivity contribution in [3.8, 4) is 0 Å². The Morgan fingerprint density at radius 3 is 2.14 bits per heavy atom. The first-order valence-corrected chi connectivity index (χ1v) is 13.0. The summed E-state index contributed by atoms with van der Waals surface area (Å²) < 4.78 is 5.42. The van der Waals surface area contributed by atoms with Crippen LogP contribution in [0.2, 0.25) is 0 Å². The van der Waals surface area contributed by atoms with E-state index in [0.717, 1.165) is 22.3 Å².